The molecule has 0 aliphatic heterocycles. The Morgan fingerprint density at radius 2 is 2.08 bits per heavy atom. The van der Waals surface area contributed by atoms with Crippen LogP contribution < -0.4 is 10.1 Å². The van der Waals surface area contributed by atoms with E-state index in [4.69, 9.17) is 4.74 Å². The van der Waals surface area contributed by atoms with Crippen molar-refractivity contribution in [2.75, 3.05) is 11.9 Å². The summed E-state index contributed by atoms with van der Waals surface area (Å²) >= 11 is 0. The molecule has 0 unspecified atom stereocenters. The number of nitro groups is 1. The highest BCUT2D eigenvalue weighted by Gasteiger charge is 2.13. The number of carbonyl (C=O) groups excluding carboxylic acids is 1. The van der Waals surface area contributed by atoms with Gasteiger partial charge in [-0.1, -0.05) is 24.3 Å². The molecule has 0 heterocycles. The zero-order valence-electron chi connectivity index (χ0n) is 13.4. The lowest BCUT2D eigenvalue weighted by molar-refractivity contribution is -0.384. The van der Waals surface area contributed by atoms with Crippen LogP contribution in [0.25, 0.3) is 6.08 Å². The third kappa shape index (κ3) is 4.65. The fraction of sp³-hybridized carbons (Fsp3) is 0.111. The molecule has 0 saturated carbocycles. The number of rotatable bonds is 6. The van der Waals surface area contributed by atoms with Crippen LogP contribution in [-0.4, -0.2) is 17.4 Å². The largest absolute Gasteiger partial charge is 0.493 e. The molecule has 0 atom stereocenters. The number of benzene rings is 2. The summed E-state index contributed by atoms with van der Waals surface area (Å²) in [6.45, 7) is 2.29. The number of nitro benzene ring substituents is 1. The third-order valence-corrected chi connectivity index (χ3v) is 3.20. The van der Waals surface area contributed by atoms with E-state index in [1.54, 1.807) is 24.3 Å². The van der Waals surface area contributed by atoms with Gasteiger partial charge in [0, 0.05) is 23.4 Å². The second-order valence-electron chi connectivity index (χ2n) is 4.90. The van der Waals surface area contributed by atoms with E-state index < -0.39 is 10.8 Å². The molecular weight excluding hydrogens is 322 g/mol. The number of ether oxygens (including phenoxy) is 1. The Balaban J connectivity index is 2.26. The van der Waals surface area contributed by atoms with Crippen molar-refractivity contribution in [1.82, 2.24) is 0 Å². The van der Waals surface area contributed by atoms with E-state index >= 15 is 0 Å². The summed E-state index contributed by atoms with van der Waals surface area (Å²) in [7, 11) is 0. The minimum Gasteiger partial charge on any atom is -0.493 e. The van der Waals surface area contributed by atoms with Gasteiger partial charge in [0.05, 0.1) is 11.5 Å². The topological polar surface area (TPSA) is 105 Å². The van der Waals surface area contributed by atoms with Crippen LogP contribution in [0.2, 0.25) is 0 Å². The van der Waals surface area contributed by atoms with Crippen molar-refractivity contribution in [1.29, 1.82) is 5.26 Å². The summed E-state index contributed by atoms with van der Waals surface area (Å²) in [4.78, 5) is 22.5. The van der Waals surface area contributed by atoms with Crippen molar-refractivity contribution in [3.05, 3.63) is 69.8 Å². The maximum atomic E-state index is 12.3. The summed E-state index contributed by atoms with van der Waals surface area (Å²) in [6, 6.07) is 14.4. The summed E-state index contributed by atoms with van der Waals surface area (Å²) in [5.41, 5.74) is 0.536. The highest BCUT2D eigenvalue weighted by molar-refractivity contribution is 6.09. The molecule has 1 amide bonds. The number of hydrogen-bond acceptors (Lipinski definition) is 5. The minimum absolute atomic E-state index is 0.140. The van der Waals surface area contributed by atoms with Crippen LogP contribution in [0.5, 0.6) is 5.75 Å². The SMILES string of the molecule is CCOc1ccccc1/C=C(\C#N)C(=O)Nc1cccc([N+](=O)[O-])c1. The number of non-ortho nitro benzene ring substituents is 1. The lowest BCUT2D eigenvalue weighted by Gasteiger charge is -2.08. The minimum atomic E-state index is -0.658. The number of hydrogen-bond donors (Lipinski definition) is 1. The van der Waals surface area contributed by atoms with Crippen molar-refractivity contribution >= 4 is 23.4 Å². The predicted octanol–water partition coefficient (Wildman–Crippen LogP) is 3.54. The third-order valence-electron chi connectivity index (χ3n) is 3.20. The molecule has 2 aromatic rings. The molecule has 0 aromatic heterocycles. The van der Waals surface area contributed by atoms with E-state index in [-0.39, 0.29) is 16.9 Å². The van der Waals surface area contributed by atoms with Crippen LogP contribution >= 0.6 is 0 Å². The fourth-order valence-electron chi connectivity index (χ4n) is 2.09. The van der Waals surface area contributed by atoms with E-state index in [2.05, 4.69) is 5.32 Å². The monoisotopic (exact) mass is 337 g/mol. The van der Waals surface area contributed by atoms with Gasteiger partial charge in [0.2, 0.25) is 0 Å². The van der Waals surface area contributed by atoms with Gasteiger partial charge < -0.3 is 10.1 Å². The Morgan fingerprint density at radius 3 is 2.76 bits per heavy atom. The molecule has 0 fully saturated rings. The van der Waals surface area contributed by atoms with Gasteiger partial charge in [-0.05, 0) is 25.1 Å². The quantitative estimate of drug-likeness (QED) is 0.375. The summed E-state index contributed by atoms with van der Waals surface area (Å²) < 4.78 is 5.46. The highest BCUT2D eigenvalue weighted by Crippen LogP contribution is 2.22. The average molecular weight is 337 g/mol. The van der Waals surface area contributed by atoms with Crippen LogP contribution in [0.15, 0.2) is 54.1 Å². The number of anilines is 1. The fourth-order valence-corrected chi connectivity index (χ4v) is 2.09. The summed E-state index contributed by atoms with van der Waals surface area (Å²) in [6.07, 6.45) is 1.41. The molecular formula is C18H15N3O4. The maximum Gasteiger partial charge on any atom is 0.271 e. The van der Waals surface area contributed by atoms with Gasteiger partial charge in [-0.25, -0.2) is 0 Å². The van der Waals surface area contributed by atoms with E-state index in [1.807, 2.05) is 13.0 Å². The molecule has 0 bridgehead atoms. The maximum absolute atomic E-state index is 12.3. The van der Waals surface area contributed by atoms with Gasteiger partial charge in [-0.15, -0.1) is 0 Å². The molecule has 2 aromatic carbocycles. The average Bonchev–Trinajstić information content (AvgIpc) is 2.61. The Hall–Kier alpha value is -3.66. The number of para-hydroxylation sites is 1. The Morgan fingerprint density at radius 1 is 1.32 bits per heavy atom. The van der Waals surface area contributed by atoms with Crippen LogP contribution in [-0.2, 0) is 4.79 Å². The van der Waals surface area contributed by atoms with Crippen molar-refractivity contribution in [2.24, 2.45) is 0 Å². The number of carbonyl (C=O) groups is 1. The molecule has 0 radical (unpaired) electrons. The Labute approximate surface area is 144 Å². The molecule has 1 N–H and O–H groups in total. The normalized spacial score (nSPS) is 10.6. The zero-order valence-corrected chi connectivity index (χ0v) is 13.4. The van der Waals surface area contributed by atoms with Crippen molar-refractivity contribution < 1.29 is 14.5 Å². The highest BCUT2D eigenvalue weighted by atomic mass is 16.6. The lowest BCUT2D eigenvalue weighted by Crippen LogP contribution is -2.13. The number of nitrogens with one attached hydrogen (secondary N) is 1. The molecule has 25 heavy (non-hydrogen) atoms. The van der Waals surface area contributed by atoms with Crippen LogP contribution in [0.3, 0.4) is 0 Å². The molecule has 0 aliphatic carbocycles. The van der Waals surface area contributed by atoms with Crippen molar-refractivity contribution in [3.8, 4) is 11.8 Å². The van der Waals surface area contributed by atoms with Gasteiger partial charge in [0.15, 0.2) is 0 Å². The lowest BCUT2D eigenvalue weighted by atomic mass is 10.1. The van der Waals surface area contributed by atoms with E-state index in [0.717, 1.165) is 0 Å². The number of nitrogens with zero attached hydrogens (tertiary/aromatic N) is 2. The van der Waals surface area contributed by atoms with Crippen LogP contribution in [0.1, 0.15) is 12.5 Å². The Kier molecular flexibility index (Phi) is 5.85. The van der Waals surface area contributed by atoms with Gasteiger partial charge in [0.25, 0.3) is 11.6 Å². The molecule has 7 heteroatoms. The number of nitriles is 1. The molecule has 2 rings (SSSR count). The second kappa shape index (κ2) is 8.26. The molecule has 126 valence electrons. The van der Waals surface area contributed by atoms with Crippen LogP contribution in [0.4, 0.5) is 11.4 Å². The Bertz CT molecular complexity index is 869. The van der Waals surface area contributed by atoms with Gasteiger partial charge in [-0.2, -0.15) is 5.26 Å². The first-order valence-corrected chi connectivity index (χ1v) is 7.44. The first kappa shape index (κ1) is 17.7. The van der Waals surface area contributed by atoms with E-state index in [1.165, 1.54) is 30.3 Å². The number of amides is 1. The van der Waals surface area contributed by atoms with E-state index in [0.29, 0.717) is 17.9 Å². The zero-order chi connectivity index (χ0) is 18.2. The summed E-state index contributed by atoms with van der Waals surface area (Å²) in [5, 5.41) is 22.5. The first-order valence-electron chi connectivity index (χ1n) is 7.44. The van der Waals surface area contributed by atoms with Gasteiger partial charge in [-0.3, -0.25) is 14.9 Å². The van der Waals surface area contributed by atoms with E-state index in [9.17, 15) is 20.2 Å². The summed E-state index contributed by atoms with van der Waals surface area (Å²) in [5.74, 6) is -0.102. The predicted molar refractivity (Wildman–Crippen MR) is 92.9 cm³/mol. The first-order chi connectivity index (χ1) is 12.0. The van der Waals surface area contributed by atoms with Gasteiger partial charge >= 0.3 is 0 Å². The molecule has 0 saturated heterocycles. The van der Waals surface area contributed by atoms with Crippen molar-refractivity contribution in [2.45, 2.75) is 6.92 Å². The molecule has 7 nitrogen and oxygen atoms in total. The molecule has 0 aliphatic rings. The second-order valence-corrected chi connectivity index (χ2v) is 4.90. The van der Waals surface area contributed by atoms with Crippen LogP contribution in [0, 0.1) is 21.4 Å². The smallest absolute Gasteiger partial charge is 0.271 e. The standard InChI is InChI=1S/C18H15N3O4/c1-2-25-17-9-4-3-6-13(17)10-14(12-19)18(22)20-15-7-5-8-16(11-15)21(23)24/h3-11H,2H2,1H3,(H,20,22)/b14-10+. The van der Waals surface area contributed by atoms with Gasteiger partial charge in [0.1, 0.15) is 17.4 Å². The van der Waals surface area contributed by atoms with Crippen molar-refractivity contribution in [3.63, 3.8) is 0 Å². The molecule has 0 spiro atoms.